The third-order valence-corrected chi connectivity index (χ3v) is 8.89. The molecule has 0 aliphatic heterocycles. The predicted molar refractivity (Wildman–Crippen MR) is 111 cm³/mol. The minimum absolute atomic E-state index is 0.992. The van der Waals surface area contributed by atoms with Crippen LogP contribution in [0.1, 0.15) is 27.7 Å². The van der Waals surface area contributed by atoms with Gasteiger partial charge in [-0.05, 0) is 49.3 Å². The van der Waals surface area contributed by atoms with Crippen molar-refractivity contribution in [2.75, 3.05) is 37.7 Å². The Bertz CT molecular complexity index is 251. The molecule has 20 heavy (non-hydrogen) atoms. The Morgan fingerprint density at radius 3 is 1.25 bits per heavy atom. The molecule has 0 radical (unpaired) electrons. The fourth-order valence-corrected chi connectivity index (χ4v) is 7.31. The van der Waals surface area contributed by atoms with E-state index in [-0.39, 0.29) is 0 Å². The average Bonchev–Trinajstić information content (AvgIpc) is 2.45. The molecule has 0 fully saturated rings. The first-order valence-electron chi connectivity index (χ1n) is 6.77. The zero-order chi connectivity index (χ0) is 15.4. The molecule has 0 spiro atoms. The molecule has 0 aromatic carbocycles. The summed E-state index contributed by atoms with van der Waals surface area (Å²) in [6.45, 7) is 12.5. The third-order valence-electron chi connectivity index (χ3n) is 2.55. The molecular weight excluding hydrogens is 365 g/mol. The van der Waals surface area contributed by atoms with Crippen LogP contribution in [-0.2, 0) is 0 Å². The third kappa shape index (κ3) is 9.25. The molecular formula is C12H24N2S6. The number of nitrogens with zero attached hydrogens (tertiary/aromatic N) is 2. The molecule has 0 aromatic heterocycles. The second-order valence-electron chi connectivity index (χ2n) is 3.69. The molecule has 8 heteroatoms. The summed E-state index contributed by atoms with van der Waals surface area (Å²) < 4.78 is 1.99. The Balaban J connectivity index is 3.63. The molecule has 0 heterocycles. The first-order chi connectivity index (χ1) is 9.60. The number of hydrogen-bond acceptors (Lipinski definition) is 6. The van der Waals surface area contributed by atoms with Crippen LogP contribution in [0.5, 0.6) is 0 Å². The van der Waals surface area contributed by atoms with E-state index in [4.69, 9.17) is 24.4 Å². The van der Waals surface area contributed by atoms with Crippen LogP contribution in [0.4, 0.5) is 0 Å². The van der Waals surface area contributed by atoms with E-state index in [0.29, 0.717) is 0 Å². The van der Waals surface area contributed by atoms with Crippen LogP contribution >= 0.6 is 67.6 Å². The van der Waals surface area contributed by atoms with Gasteiger partial charge in [-0.2, -0.15) is 0 Å². The summed E-state index contributed by atoms with van der Waals surface area (Å²) in [6, 6.07) is 0. The molecule has 0 bridgehead atoms. The summed E-state index contributed by atoms with van der Waals surface area (Å²) in [5.74, 6) is 2.18. The molecule has 0 atom stereocenters. The van der Waals surface area contributed by atoms with Crippen molar-refractivity contribution in [1.82, 2.24) is 9.80 Å². The van der Waals surface area contributed by atoms with Gasteiger partial charge in [-0.1, -0.05) is 46.0 Å². The van der Waals surface area contributed by atoms with E-state index in [9.17, 15) is 0 Å². The number of rotatable bonds is 9. The fourth-order valence-electron chi connectivity index (χ4n) is 1.32. The monoisotopic (exact) mass is 388 g/mol. The van der Waals surface area contributed by atoms with E-state index in [1.165, 1.54) is 0 Å². The lowest BCUT2D eigenvalue weighted by Gasteiger charge is -2.20. The topological polar surface area (TPSA) is 6.48 Å². The Hall–Kier alpha value is 1.18. The first-order valence-corrected chi connectivity index (χ1v) is 12.2. The lowest BCUT2D eigenvalue weighted by Crippen LogP contribution is -2.26. The molecule has 0 rings (SSSR count). The summed E-state index contributed by atoms with van der Waals surface area (Å²) >= 11 is 10.8. The maximum atomic E-state index is 5.39. The van der Waals surface area contributed by atoms with Gasteiger partial charge in [0, 0.05) is 37.7 Å². The molecule has 0 N–H and O–H groups in total. The molecule has 0 aliphatic rings. The van der Waals surface area contributed by atoms with Crippen LogP contribution in [0.25, 0.3) is 0 Å². The van der Waals surface area contributed by atoms with E-state index in [0.717, 1.165) is 46.3 Å². The van der Waals surface area contributed by atoms with Crippen LogP contribution in [0, 0.1) is 0 Å². The highest BCUT2D eigenvalue weighted by atomic mass is 33.1. The van der Waals surface area contributed by atoms with Gasteiger partial charge in [0.15, 0.2) is 0 Å². The van der Waals surface area contributed by atoms with Crippen LogP contribution in [0.15, 0.2) is 0 Å². The second kappa shape index (κ2) is 13.8. The van der Waals surface area contributed by atoms with Gasteiger partial charge in [-0.3, -0.25) is 0 Å². The van der Waals surface area contributed by atoms with Crippen molar-refractivity contribution in [1.29, 1.82) is 0 Å². The van der Waals surface area contributed by atoms with Gasteiger partial charge < -0.3 is 9.80 Å². The molecule has 0 saturated heterocycles. The average molecular weight is 389 g/mol. The van der Waals surface area contributed by atoms with Crippen molar-refractivity contribution < 1.29 is 0 Å². The Kier molecular flexibility index (Phi) is 14.6. The Labute approximate surface area is 150 Å². The lowest BCUT2D eigenvalue weighted by atomic mass is 10.6. The van der Waals surface area contributed by atoms with Gasteiger partial charge in [0.25, 0.3) is 0 Å². The highest BCUT2D eigenvalue weighted by Gasteiger charge is 2.07. The number of thiocarbonyl (C=S) groups is 2. The van der Waals surface area contributed by atoms with Crippen LogP contribution in [0.2, 0.25) is 0 Å². The predicted octanol–water partition coefficient (Wildman–Crippen LogP) is 5.00. The van der Waals surface area contributed by atoms with Crippen molar-refractivity contribution in [3.8, 4) is 0 Å². The van der Waals surface area contributed by atoms with Gasteiger partial charge in [0.2, 0.25) is 0 Å². The molecule has 0 unspecified atom stereocenters. The van der Waals surface area contributed by atoms with Crippen molar-refractivity contribution in [2.45, 2.75) is 27.7 Å². The van der Waals surface area contributed by atoms with Gasteiger partial charge in [-0.15, -0.1) is 0 Å². The SMILES string of the molecule is CCN(CC)C(=S)SSCCSSC(=S)N(CC)CC. The fraction of sp³-hybridized carbons (Fsp3) is 0.833. The molecule has 118 valence electrons. The normalized spacial score (nSPS) is 10.4. The van der Waals surface area contributed by atoms with E-state index >= 15 is 0 Å². The lowest BCUT2D eigenvalue weighted by molar-refractivity contribution is 0.482. The molecule has 0 saturated carbocycles. The quantitative estimate of drug-likeness (QED) is 0.305. The van der Waals surface area contributed by atoms with Crippen LogP contribution in [0.3, 0.4) is 0 Å². The number of hydrogen-bond donors (Lipinski definition) is 0. The minimum atomic E-state index is 0.992. The Morgan fingerprint density at radius 2 is 1.00 bits per heavy atom. The summed E-state index contributed by atoms with van der Waals surface area (Å²) in [4.78, 5) is 4.43. The van der Waals surface area contributed by atoms with E-state index in [2.05, 4.69) is 37.5 Å². The smallest absolute Gasteiger partial charge is 0.147 e. The molecule has 0 aromatic rings. The van der Waals surface area contributed by atoms with Crippen molar-refractivity contribution >= 4 is 76.3 Å². The maximum Gasteiger partial charge on any atom is 0.147 e. The second-order valence-corrected chi connectivity index (χ2v) is 9.79. The summed E-state index contributed by atoms with van der Waals surface area (Å²) in [5, 5.41) is 0. The van der Waals surface area contributed by atoms with Crippen LogP contribution in [-0.4, -0.2) is 56.1 Å². The zero-order valence-electron chi connectivity index (χ0n) is 12.6. The van der Waals surface area contributed by atoms with Gasteiger partial charge >= 0.3 is 0 Å². The highest BCUT2D eigenvalue weighted by Crippen LogP contribution is 2.30. The first kappa shape index (κ1) is 21.2. The van der Waals surface area contributed by atoms with E-state index in [1.54, 1.807) is 21.6 Å². The van der Waals surface area contributed by atoms with Crippen LogP contribution < -0.4 is 0 Å². The van der Waals surface area contributed by atoms with E-state index in [1.807, 2.05) is 21.6 Å². The zero-order valence-corrected chi connectivity index (χ0v) is 17.5. The largest absolute Gasteiger partial charge is 0.357 e. The standard InChI is InChI=1S/C12H24N2S6/c1-5-13(6-2)11(15)19-17-9-10-18-20-12(16)14(7-3)8-4/h5-10H2,1-4H3. The van der Waals surface area contributed by atoms with Gasteiger partial charge in [0.05, 0.1) is 0 Å². The molecule has 0 amide bonds. The van der Waals surface area contributed by atoms with E-state index < -0.39 is 0 Å². The minimum Gasteiger partial charge on any atom is -0.357 e. The Morgan fingerprint density at radius 1 is 0.700 bits per heavy atom. The summed E-state index contributed by atoms with van der Waals surface area (Å²) in [5.41, 5.74) is 0. The van der Waals surface area contributed by atoms with Crippen molar-refractivity contribution in [3.05, 3.63) is 0 Å². The summed E-state index contributed by atoms with van der Waals surface area (Å²) in [6.07, 6.45) is 0. The maximum absolute atomic E-state index is 5.39. The highest BCUT2D eigenvalue weighted by molar-refractivity contribution is 8.85. The molecule has 0 aliphatic carbocycles. The van der Waals surface area contributed by atoms with Crippen molar-refractivity contribution in [3.63, 3.8) is 0 Å². The van der Waals surface area contributed by atoms with Gasteiger partial charge in [0.1, 0.15) is 8.64 Å². The van der Waals surface area contributed by atoms with Gasteiger partial charge in [-0.25, -0.2) is 0 Å². The summed E-state index contributed by atoms with van der Waals surface area (Å²) in [7, 11) is 7.10. The van der Waals surface area contributed by atoms with Crippen molar-refractivity contribution in [2.24, 2.45) is 0 Å². The molecule has 2 nitrogen and oxygen atoms in total.